The van der Waals surface area contributed by atoms with E-state index in [1.807, 2.05) is 66.7 Å². The molecule has 0 amide bonds. The van der Waals surface area contributed by atoms with Crippen LogP contribution in [0.3, 0.4) is 0 Å². The third-order valence-corrected chi connectivity index (χ3v) is 7.74. The summed E-state index contributed by atoms with van der Waals surface area (Å²) in [5.41, 5.74) is 7.91. The maximum absolute atomic E-state index is 6.18. The Morgan fingerprint density at radius 2 is 1.44 bits per heavy atom. The molecule has 0 atom stereocenters. The van der Waals surface area contributed by atoms with Crippen molar-refractivity contribution in [1.82, 2.24) is 15.0 Å². The summed E-state index contributed by atoms with van der Waals surface area (Å²) in [4.78, 5) is 16.7. The smallest absolute Gasteiger partial charge is 0.324 e. The number of benzene rings is 4. The van der Waals surface area contributed by atoms with Crippen molar-refractivity contribution in [2.24, 2.45) is 15.2 Å². The molecule has 0 spiro atoms. The van der Waals surface area contributed by atoms with Gasteiger partial charge < -0.3 is 14.4 Å². The zero-order chi connectivity index (χ0) is 29.3. The molecule has 0 saturated carbocycles. The molecule has 0 aliphatic heterocycles. The van der Waals surface area contributed by atoms with Gasteiger partial charge in [0.15, 0.2) is 5.84 Å². The van der Waals surface area contributed by atoms with Crippen molar-refractivity contribution in [3.8, 4) is 22.5 Å². The molecule has 0 saturated heterocycles. The second-order valence-corrected chi connectivity index (χ2v) is 10.8. The summed E-state index contributed by atoms with van der Waals surface area (Å²) in [6.45, 7) is 2.08. The number of nitrogens with zero attached hydrogens (tertiary/aromatic N) is 4. The van der Waals surface area contributed by atoms with Gasteiger partial charge in [0.25, 0.3) is 0 Å². The van der Waals surface area contributed by atoms with Crippen molar-refractivity contribution < 1.29 is 4.42 Å². The molecule has 9 heteroatoms. The summed E-state index contributed by atoms with van der Waals surface area (Å²) in [5, 5.41) is 12.4. The number of oxazole rings is 1. The number of aromatic nitrogens is 3. The lowest BCUT2D eigenvalue weighted by Crippen LogP contribution is -2.00. The lowest BCUT2D eigenvalue weighted by molar-refractivity contribution is 0.570. The van der Waals surface area contributed by atoms with E-state index in [0.717, 1.165) is 56.3 Å². The maximum Gasteiger partial charge on any atom is 0.324 e. The highest BCUT2D eigenvalue weighted by Crippen LogP contribution is 2.39. The third-order valence-electron chi connectivity index (χ3n) is 7.24. The Balaban J connectivity index is 1.37. The number of H-pyrrole nitrogens is 2. The molecule has 3 aromatic heterocycles. The van der Waals surface area contributed by atoms with Crippen LogP contribution >= 0.6 is 23.2 Å². The van der Waals surface area contributed by atoms with Crippen LogP contribution in [0.5, 0.6) is 0 Å². The Morgan fingerprint density at radius 3 is 2.16 bits per heavy atom. The summed E-state index contributed by atoms with van der Waals surface area (Å²) in [5.74, 6) is 0.384. The number of aryl methyl sites for hydroxylation is 1. The zero-order valence-electron chi connectivity index (χ0n) is 23.0. The SMILES string of the molecule is CCc1[nH]c2ccccc2c1/C(N=Nc1ccc(Cl)cc1)=N/c1nc(-c2c(-c3ccc(Cl)cc3)[nH]c3ccccc23)co1. The summed E-state index contributed by atoms with van der Waals surface area (Å²) < 4.78 is 5.97. The average molecular weight is 604 g/mol. The summed E-state index contributed by atoms with van der Waals surface area (Å²) in [6.07, 6.45) is 2.37. The van der Waals surface area contributed by atoms with Gasteiger partial charge in [-0.2, -0.15) is 9.98 Å². The summed E-state index contributed by atoms with van der Waals surface area (Å²) in [7, 11) is 0. The first-order valence-electron chi connectivity index (χ1n) is 13.8. The van der Waals surface area contributed by atoms with Gasteiger partial charge in [-0.05, 0) is 60.5 Å². The van der Waals surface area contributed by atoms with Crippen LogP contribution in [0.4, 0.5) is 11.7 Å². The number of aromatic amines is 2. The Labute approximate surface area is 256 Å². The predicted molar refractivity (Wildman–Crippen MR) is 174 cm³/mol. The molecule has 0 unspecified atom stereocenters. The predicted octanol–water partition coefficient (Wildman–Crippen LogP) is 10.7. The van der Waals surface area contributed by atoms with Crippen molar-refractivity contribution in [2.45, 2.75) is 13.3 Å². The van der Waals surface area contributed by atoms with Gasteiger partial charge in [-0.3, -0.25) is 0 Å². The molecule has 0 bridgehead atoms. The van der Waals surface area contributed by atoms with Gasteiger partial charge in [-0.1, -0.05) is 78.7 Å². The molecule has 0 fully saturated rings. The maximum atomic E-state index is 6.18. The minimum absolute atomic E-state index is 0.166. The van der Waals surface area contributed by atoms with Gasteiger partial charge in [-0.25, -0.2) is 0 Å². The minimum atomic E-state index is 0.166. The monoisotopic (exact) mass is 602 g/mol. The number of amidine groups is 1. The topological polar surface area (TPSA) is 94.7 Å². The molecule has 7 rings (SSSR count). The quantitative estimate of drug-likeness (QED) is 0.112. The fourth-order valence-electron chi connectivity index (χ4n) is 5.22. The average Bonchev–Trinajstić information content (AvgIpc) is 3.75. The molecule has 3 heterocycles. The van der Waals surface area contributed by atoms with Crippen LogP contribution in [0, 0.1) is 0 Å². The molecule has 0 radical (unpaired) electrons. The van der Waals surface area contributed by atoms with Crippen LogP contribution in [0.15, 0.2) is 123 Å². The minimum Gasteiger partial charge on any atom is -0.430 e. The van der Waals surface area contributed by atoms with E-state index >= 15 is 0 Å². The Hall–Kier alpha value is -4.98. The molecule has 210 valence electrons. The summed E-state index contributed by atoms with van der Waals surface area (Å²) >= 11 is 12.3. The number of azo groups is 1. The van der Waals surface area contributed by atoms with E-state index in [-0.39, 0.29) is 6.01 Å². The van der Waals surface area contributed by atoms with Gasteiger partial charge in [0.2, 0.25) is 0 Å². The third kappa shape index (κ3) is 5.25. The zero-order valence-corrected chi connectivity index (χ0v) is 24.5. The van der Waals surface area contributed by atoms with Gasteiger partial charge in [-0.15, -0.1) is 10.2 Å². The molecule has 2 N–H and O–H groups in total. The number of nitrogens with one attached hydrogen (secondary N) is 2. The van der Waals surface area contributed by atoms with Crippen LogP contribution in [0.1, 0.15) is 18.2 Å². The van der Waals surface area contributed by atoms with E-state index in [4.69, 9.17) is 37.6 Å². The normalized spacial score (nSPS) is 12.2. The highest BCUT2D eigenvalue weighted by Gasteiger charge is 2.20. The standard InChI is InChI=1S/C34H24Cl2N6O/c1-2-26-31(25-8-4-5-9-27(25)37-26)33(42-41-23-17-15-22(36)16-18-23)40-34-39-29(19-43-34)30-24-7-3-6-10-28(24)38-32(30)20-11-13-21(35)14-12-20/h3-19,37-38H,2H2,1H3/b40-33-,42-41?. The first-order valence-corrected chi connectivity index (χ1v) is 14.5. The Bertz CT molecular complexity index is 2140. The van der Waals surface area contributed by atoms with Crippen molar-refractivity contribution in [2.75, 3.05) is 0 Å². The largest absolute Gasteiger partial charge is 0.430 e. The molecule has 7 aromatic rings. The van der Waals surface area contributed by atoms with Crippen LogP contribution in [-0.4, -0.2) is 20.8 Å². The number of hydrogen-bond acceptors (Lipinski definition) is 4. The highest BCUT2D eigenvalue weighted by atomic mass is 35.5. The molecule has 4 aromatic carbocycles. The second-order valence-electron chi connectivity index (χ2n) is 9.93. The van der Waals surface area contributed by atoms with E-state index in [2.05, 4.69) is 33.2 Å². The number of hydrogen-bond donors (Lipinski definition) is 2. The van der Waals surface area contributed by atoms with Crippen LogP contribution < -0.4 is 0 Å². The molecular formula is C34H24Cl2N6O. The molecule has 7 nitrogen and oxygen atoms in total. The van der Waals surface area contributed by atoms with E-state index < -0.39 is 0 Å². The van der Waals surface area contributed by atoms with Crippen molar-refractivity contribution >= 4 is 62.5 Å². The number of fused-ring (bicyclic) bond motifs is 2. The molecular weight excluding hydrogens is 579 g/mol. The second kappa shape index (κ2) is 11.4. The molecule has 0 aliphatic rings. The van der Waals surface area contributed by atoms with E-state index in [0.29, 0.717) is 27.3 Å². The summed E-state index contributed by atoms with van der Waals surface area (Å²) in [6, 6.07) is 31.2. The first kappa shape index (κ1) is 26.9. The highest BCUT2D eigenvalue weighted by molar-refractivity contribution is 6.31. The lowest BCUT2D eigenvalue weighted by Gasteiger charge is -2.03. The molecule has 0 aliphatic carbocycles. The van der Waals surface area contributed by atoms with Gasteiger partial charge in [0, 0.05) is 48.7 Å². The number of rotatable bonds is 6. The van der Waals surface area contributed by atoms with Crippen molar-refractivity contribution in [3.05, 3.63) is 125 Å². The van der Waals surface area contributed by atoms with Crippen LogP contribution in [-0.2, 0) is 6.42 Å². The number of halogens is 2. The Morgan fingerprint density at radius 1 is 0.791 bits per heavy atom. The van der Waals surface area contributed by atoms with Crippen molar-refractivity contribution in [1.29, 1.82) is 0 Å². The first-order chi connectivity index (χ1) is 21.1. The lowest BCUT2D eigenvalue weighted by atomic mass is 10.0. The van der Waals surface area contributed by atoms with E-state index in [1.54, 1.807) is 30.5 Å². The van der Waals surface area contributed by atoms with Gasteiger partial charge in [0.05, 0.1) is 11.4 Å². The van der Waals surface area contributed by atoms with E-state index in [1.165, 1.54) is 0 Å². The van der Waals surface area contributed by atoms with Crippen LogP contribution in [0.25, 0.3) is 44.3 Å². The number of para-hydroxylation sites is 2. The van der Waals surface area contributed by atoms with Crippen LogP contribution in [0.2, 0.25) is 10.0 Å². The fraction of sp³-hybridized carbons (Fsp3) is 0.0588. The fourth-order valence-corrected chi connectivity index (χ4v) is 5.47. The van der Waals surface area contributed by atoms with Gasteiger partial charge >= 0.3 is 6.01 Å². The molecule has 43 heavy (non-hydrogen) atoms. The Kier molecular flexibility index (Phi) is 7.10. The van der Waals surface area contributed by atoms with Crippen molar-refractivity contribution in [3.63, 3.8) is 0 Å². The number of aliphatic imine (C=N–C) groups is 1. The van der Waals surface area contributed by atoms with Gasteiger partial charge in [0.1, 0.15) is 12.0 Å². The van der Waals surface area contributed by atoms with E-state index in [9.17, 15) is 0 Å².